The minimum atomic E-state index is -0.673. The first-order valence-electron chi connectivity index (χ1n) is 11.5. The Balaban J connectivity index is 1.74. The Hall–Kier alpha value is -1.93. The number of unbranched alkanes of at least 4 members (excludes halogenated alkanes) is 1. The predicted molar refractivity (Wildman–Crippen MR) is 123 cm³/mol. The molecule has 0 bridgehead atoms. The van der Waals surface area contributed by atoms with Crippen molar-refractivity contribution in [2.75, 3.05) is 13.1 Å². The summed E-state index contributed by atoms with van der Waals surface area (Å²) >= 11 is 1.32. The van der Waals surface area contributed by atoms with Crippen LogP contribution in [0.15, 0.2) is 17.5 Å². The van der Waals surface area contributed by atoms with Crippen molar-refractivity contribution in [1.29, 1.82) is 0 Å². The van der Waals surface area contributed by atoms with Gasteiger partial charge in [0.05, 0.1) is 11.0 Å². The monoisotopic (exact) mass is 451 g/mol. The largest absolute Gasteiger partial charge is 0.392 e. The molecule has 0 aromatic carbocycles. The molecule has 7 nitrogen and oxygen atoms in total. The topological polar surface area (TPSA) is 108 Å². The molecule has 1 aromatic rings. The smallest absolute Gasteiger partial charge is 0.261 e. The molecule has 1 saturated carbocycles. The SMILES string of the molecule is CCC1CCC(C(=O)NCCCC[C@H](NC(=O)c2cccs2)C(=O)NC[C@@H](C)O)CC1. The highest BCUT2D eigenvalue weighted by Gasteiger charge is 2.25. The molecule has 4 N–H and O–H groups in total. The van der Waals surface area contributed by atoms with Crippen LogP contribution in [0.25, 0.3) is 0 Å². The van der Waals surface area contributed by atoms with E-state index in [0.29, 0.717) is 24.3 Å². The van der Waals surface area contributed by atoms with Gasteiger partial charge in [-0.25, -0.2) is 0 Å². The van der Waals surface area contributed by atoms with Crippen LogP contribution in [0.1, 0.15) is 74.9 Å². The molecule has 1 heterocycles. The van der Waals surface area contributed by atoms with Crippen molar-refractivity contribution in [2.45, 2.75) is 77.4 Å². The van der Waals surface area contributed by atoms with Gasteiger partial charge in [-0.3, -0.25) is 14.4 Å². The van der Waals surface area contributed by atoms with Crippen LogP contribution in [0.2, 0.25) is 0 Å². The van der Waals surface area contributed by atoms with E-state index in [2.05, 4.69) is 22.9 Å². The number of thiophene rings is 1. The summed E-state index contributed by atoms with van der Waals surface area (Å²) in [5.41, 5.74) is 0. The van der Waals surface area contributed by atoms with E-state index in [9.17, 15) is 19.5 Å². The zero-order valence-electron chi connectivity index (χ0n) is 18.7. The van der Waals surface area contributed by atoms with E-state index in [0.717, 1.165) is 38.0 Å². The number of hydrogen-bond acceptors (Lipinski definition) is 5. The van der Waals surface area contributed by atoms with Gasteiger partial charge in [0, 0.05) is 19.0 Å². The van der Waals surface area contributed by atoms with Gasteiger partial charge in [0.2, 0.25) is 11.8 Å². The third-order valence-electron chi connectivity index (χ3n) is 5.95. The number of carbonyl (C=O) groups is 3. The second-order valence-corrected chi connectivity index (χ2v) is 9.46. The fourth-order valence-corrected chi connectivity index (χ4v) is 4.57. The van der Waals surface area contributed by atoms with Gasteiger partial charge in [-0.05, 0) is 69.2 Å². The number of rotatable bonds is 12. The Morgan fingerprint density at radius 3 is 2.52 bits per heavy atom. The molecule has 2 rings (SSSR count). The molecule has 2 atom stereocenters. The molecular weight excluding hydrogens is 414 g/mol. The van der Waals surface area contributed by atoms with Crippen molar-refractivity contribution in [3.8, 4) is 0 Å². The van der Waals surface area contributed by atoms with Crippen LogP contribution in [0.5, 0.6) is 0 Å². The maximum absolute atomic E-state index is 12.5. The lowest BCUT2D eigenvalue weighted by Gasteiger charge is -2.27. The first-order valence-corrected chi connectivity index (χ1v) is 12.4. The van der Waals surface area contributed by atoms with E-state index in [1.807, 2.05) is 5.38 Å². The predicted octanol–water partition coefficient (Wildman–Crippen LogP) is 2.85. The van der Waals surface area contributed by atoms with E-state index >= 15 is 0 Å². The summed E-state index contributed by atoms with van der Waals surface area (Å²) in [7, 11) is 0. The highest BCUT2D eigenvalue weighted by Crippen LogP contribution is 2.30. The van der Waals surface area contributed by atoms with Gasteiger partial charge in [-0.2, -0.15) is 0 Å². The Labute approximate surface area is 189 Å². The number of hydrogen-bond donors (Lipinski definition) is 4. The van der Waals surface area contributed by atoms with Crippen molar-refractivity contribution in [3.63, 3.8) is 0 Å². The number of aliphatic hydroxyl groups is 1. The van der Waals surface area contributed by atoms with Crippen LogP contribution in [0, 0.1) is 11.8 Å². The zero-order chi connectivity index (χ0) is 22.6. The normalized spacial score (nSPS) is 20.5. The molecule has 0 unspecified atom stereocenters. The minimum absolute atomic E-state index is 0.131. The van der Waals surface area contributed by atoms with Gasteiger partial charge >= 0.3 is 0 Å². The molecule has 0 spiro atoms. The molecule has 0 saturated heterocycles. The van der Waals surface area contributed by atoms with Gasteiger partial charge in [0.1, 0.15) is 6.04 Å². The van der Waals surface area contributed by atoms with Crippen molar-refractivity contribution >= 4 is 29.1 Å². The van der Waals surface area contributed by atoms with Crippen LogP contribution < -0.4 is 16.0 Å². The second-order valence-electron chi connectivity index (χ2n) is 8.51. The lowest BCUT2D eigenvalue weighted by molar-refractivity contribution is -0.126. The Morgan fingerprint density at radius 2 is 1.90 bits per heavy atom. The van der Waals surface area contributed by atoms with Gasteiger partial charge < -0.3 is 21.1 Å². The lowest BCUT2D eigenvalue weighted by Crippen LogP contribution is -2.48. The molecular formula is C23H37N3O4S. The van der Waals surface area contributed by atoms with Crippen LogP contribution in [-0.4, -0.2) is 48.1 Å². The fourth-order valence-electron chi connectivity index (χ4n) is 3.94. The van der Waals surface area contributed by atoms with Crippen LogP contribution in [0.4, 0.5) is 0 Å². The van der Waals surface area contributed by atoms with Gasteiger partial charge in [-0.15, -0.1) is 11.3 Å². The van der Waals surface area contributed by atoms with E-state index in [-0.39, 0.29) is 30.2 Å². The molecule has 1 fully saturated rings. The second kappa shape index (κ2) is 13.5. The van der Waals surface area contributed by atoms with Crippen LogP contribution in [-0.2, 0) is 9.59 Å². The van der Waals surface area contributed by atoms with Gasteiger partial charge in [0.15, 0.2) is 0 Å². The fraction of sp³-hybridized carbons (Fsp3) is 0.696. The Morgan fingerprint density at radius 1 is 1.16 bits per heavy atom. The molecule has 3 amide bonds. The summed E-state index contributed by atoms with van der Waals surface area (Å²) in [5.74, 6) is 0.467. The molecule has 1 aromatic heterocycles. The highest BCUT2D eigenvalue weighted by atomic mass is 32.1. The maximum Gasteiger partial charge on any atom is 0.261 e. The van der Waals surface area contributed by atoms with Gasteiger partial charge in [-0.1, -0.05) is 19.4 Å². The first-order chi connectivity index (χ1) is 14.9. The van der Waals surface area contributed by atoms with E-state index in [1.54, 1.807) is 19.1 Å². The van der Waals surface area contributed by atoms with Crippen molar-refractivity contribution < 1.29 is 19.5 Å². The summed E-state index contributed by atoms with van der Waals surface area (Å²) < 4.78 is 0. The molecule has 31 heavy (non-hydrogen) atoms. The lowest BCUT2D eigenvalue weighted by atomic mass is 9.80. The van der Waals surface area contributed by atoms with Crippen molar-refractivity contribution in [1.82, 2.24) is 16.0 Å². The standard InChI is InChI=1S/C23H37N3O4S/c1-3-17-9-11-18(12-10-17)21(28)24-13-5-4-7-19(22(29)25-15-16(2)27)26-23(30)20-8-6-14-31-20/h6,8,14,16-19,27H,3-5,7,9-13,15H2,1-2H3,(H,24,28)(H,25,29)(H,26,30)/t16-,17?,18?,19+/m1/s1. The maximum atomic E-state index is 12.5. The van der Waals surface area contributed by atoms with Gasteiger partial charge in [0.25, 0.3) is 5.91 Å². The number of carbonyl (C=O) groups excluding carboxylic acids is 3. The van der Waals surface area contributed by atoms with E-state index in [1.165, 1.54) is 17.8 Å². The minimum Gasteiger partial charge on any atom is -0.392 e. The van der Waals surface area contributed by atoms with Crippen LogP contribution >= 0.6 is 11.3 Å². The summed E-state index contributed by atoms with van der Waals surface area (Å²) in [6.45, 7) is 4.52. The molecule has 0 aliphatic heterocycles. The highest BCUT2D eigenvalue weighted by molar-refractivity contribution is 7.12. The summed E-state index contributed by atoms with van der Waals surface area (Å²) in [6, 6.07) is 2.83. The number of nitrogens with one attached hydrogen (secondary N) is 3. The van der Waals surface area contributed by atoms with E-state index in [4.69, 9.17) is 0 Å². The summed E-state index contributed by atoms with van der Waals surface area (Å²) in [6.07, 6.45) is 6.69. The number of amides is 3. The molecule has 8 heteroatoms. The van der Waals surface area contributed by atoms with Crippen molar-refractivity contribution in [3.05, 3.63) is 22.4 Å². The molecule has 0 radical (unpaired) electrons. The van der Waals surface area contributed by atoms with E-state index < -0.39 is 12.1 Å². The summed E-state index contributed by atoms with van der Waals surface area (Å²) in [5, 5.41) is 19.7. The quantitative estimate of drug-likeness (QED) is 0.367. The number of aliphatic hydroxyl groups excluding tert-OH is 1. The first kappa shape index (κ1) is 25.3. The summed E-state index contributed by atoms with van der Waals surface area (Å²) in [4.78, 5) is 37.8. The van der Waals surface area contributed by atoms with Crippen LogP contribution in [0.3, 0.4) is 0 Å². The average molecular weight is 452 g/mol. The molecule has 1 aliphatic carbocycles. The third-order valence-corrected chi connectivity index (χ3v) is 6.82. The third kappa shape index (κ3) is 8.99. The zero-order valence-corrected chi connectivity index (χ0v) is 19.5. The Bertz CT molecular complexity index is 685. The Kier molecular flexibility index (Phi) is 11.0. The molecule has 174 valence electrons. The van der Waals surface area contributed by atoms with Crippen molar-refractivity contribution in [2.24, 2.45) is 11.8 Å². The average Bonchev–Trinajstić information content (AvgIpc) is 3.31. The molecule has 1 aliphatic rings.